The molecule has 0 spiro atoms. The molecular weight excluding hydrogens is 260 g/mol. The summed E-state index contributed by atoms with van der Waals surface area (Å²) in [7, 11) is 1.76. The van der Waals surface area contributed by atoms with Gasteiger partial charge in [-0.1, -0.05) is 11.6 Å². The SMILES string of the molecule is CN(CCCC(=O)O)c1ccc([N+](=O)[O-])cc1Cl. The van der Waals surface area contributed by atoms with Crippen LogP contribution in [0.2, 0.25) is 5.02 Å². The standard InChI is InChI=1S/C11H13ClN2O4/c1-13(6-2-3-11(15)16)10-5-4-8(14(17)18)7-9(10)12/h4-5,7H,2-3,6H2,1H3,(H,15,16). The third-order valence-electron chi connectivity index (χ3n) is 2.44. The Kier molecular flexibility index (Phi) is 4.91. The number of rotatable bonds is 6. The Bertz CT molecular complexity index is 464. The van der Waals surface area contributed by atoms with Crippen LogP contribution in [0.4, 0.5) is 11.4 Å². The zero-order valence-corrected chi connectivity index (χ0v) is 10.6. The molecule has 0 atom stereocenters. The van der Waals surface area contributed by atoms with Crippen LogP contribution in [0.3, 0.4) is 0 Å². The molecule has 0 unspecified atom stereocenters. The van der Waals surface area contributed by atoms with Crippen LogP contribution < -0.4 is 4.90 Å². The molecule has 1 rings (SSSR count). The summed E-state index contributed by atoms with van der Waals surface area (Å²) in [5.41, 5.74) is 0.579. The number of carbonyl (C=O) groups is 1. The first kappa shape index (κ1) is 14.2. The molecule has 7 heteroatoms. The van der Waals surface area contributed by atoms with E-state index in [1.165, 1.54) is 12.1 Å². The van der Waals surface area contributed by atoms with Crippen molar-refractivity contribution in [1.29, 1.82) is 0 Å². The highest BCUT2D eigenvalue weighted by Gasteiger charge is 2.12. The molecule has 0 aliphatic rings. The number of carboxylic acids is 1. The van der Waals surface area contributed by atoms with Crippen molar-refractivity contribution in [3.8, 4) is 0 Å². The molecule has 1 N–H and O–H groups in total. The topological polar surface area (TPSA) is 83.7 Å². The molecule has 98 valence electrons. The predicted molar refractivity (Wildman–Crippen MR) is 68.2 cm³/mol. The van der Waals surface area contributed by atoms with E-state index in [1.807, 2.05) is 0 Å². The monoisotopic (exact) mass is 272 g/mol. The maximum absolute atomic E-state index is 10.5. The van der Waals surface area contributed by atoms with Gasteiger partial charge in [-0.3, -0.25) is 14.9 Å². The van der Waals surface area contributed by atoms with Crippen molar-refractivity contribution in [3.05, 3.63) is 33.3 Å². The van der Waals surface area contributed by atoms with Gasteiger partial charge in [-0.05, 0) is 12.5 Å². The minimum absolute atomic E-state index is 0.0670. The van der Waals surface area contributed by atoms with E-state index in [9.17, 15) is 14.9 Å². The Morgan fingerprint density at radius 1 is 1.56 bits per heavy atom. The van der Waals surface area contributed by atoms with Gasteiger partial charge >= 0.3 is 5.97 Å². The second-order valence-electron chi connectivity index (χ2n) is 3.81. The molecular formula is C11H13ClN2O4. The summed E-state index contributed by atoms with van der Waals surface area (Å²) in [5, 5.41) is 19.4. The van der Waals surface area contributed by atoms with E-state index in [-0.39, 0.29) is 17.1 Å². The normalized spacial score (nSPS) is 10.1. The Morgan fingerprint density at radius 2 is 2.22 bits per heavy atom. The molecule has 18 heavy (non-hydrogen) atoms. The molecule has 6 nitrogen and oxygen atoms in total. The average Bonchev–Trinajstić information content (AvgIpc) is 2.27. The molecule has 0 saturated heterocycles. The van der Waals surface area contributed by atoms with Gasteiger partial charge in [0.15, 0.2) is 0 Å². The van der Waals surface area contributed by atoms with Crippen LogP contribution in [-0.2, 0) is 4.79 Å². The molecule has 0 saturated carbocycles. The Balaban J connectivity index is 2.71. The van der Waals surface area contributed by atoms with E-state index in [1.54, 1.807) is 18.0 Å². The molecule has 0 radical (unpaired) electrons. The van der Waals surface area contributed by atoms with Gasteiger partial charge in [0.1, 0.15) is 0 Å². The van der Waals surface area contributed by atoms with E-state index in [0.717, 1.165) is 0 Å². The third-order valence-corrected chi connectivity index (χ3v) is 2.74. The molecule has 0 aliphatic heterocycles. The lowest BCUT2D eigenvalue weighted by Gasteiger charge is -2.19. The number of carboxylic acid groups (broad SMARTS) is 1. The summed E-state index contributed by atoms with van der Waals surface area (Å²) in [6.45, 7) is 0.518. The molecule has 0 fully saturated rings. The number of nitro groups is 1. The van der Waals surface area contributed by atoms with Crippen LogP contribution in [0.25, 0.3) is 0 Å². The molecule has 0 amide bonds. The molecule has 1 aromatic rings. The minimum atomic E-state index is -0.849. The first-order valence-electron chi connectivity index (χ1n) is 5.28. The highest BCUT2D eigenvalue weighted by atomic mass is 35.5. The zero-order chi connectivity index (χ0) is 13.7. The first-order chi connectivity index (χ1) is 8.41. The lowest BCUT2D eigenvalue weighted by molar-refractivity contribution is -0.384. The Morgan fingerprint density at radius 3 is 2.72 bits per heavy atom. The second kappa shape index (κ2) is 6.20. The predicted octanol–water partition coefficient (Wildman–Crippen LogP) is 2.55. The minimum Gasteiger partial charge on any atom is -0.481 e. The van der Waals surface area contributed by atoms with Gasteiger partial charge in [0.05, 0.1) is 15.6 Å². The number of halogens is 1. The van der Waals surface area contributed by atoms with Crippen molar-refractivity contribution in [2.45, 2.75) is 12.8 Å². The quantitative estimate of drug-likeness (QED) is 0.635. The second-order valence-corrected chi connectivity index (χ2v) is 4.22. The van der Waals surface area contributed by atoms with Crippen LogP contribution in [0.15, 0.2) is 18.2 Å². The summed E-state index contributed by atoms with van der Waals surface area (Å²) in [6, 6.07) is 4.21. The van der Waals surface area contributed by atoms with Gasteiger partial charge in [-0.15, -0.1) is 0 Å². The number of aliphatic carboxylic acids is 1. The highest BCUT2D eigenvalue weighted by molar-refractivity contribution is 6.33. The fourth-order valence-electron chi connectivity index (χ4n) is 1.51. The zero-order valence-electron chi connectivity index (χ0n) is 9.80. The maximum Gasteiger partial charge on any atom is 0.303 e. The first-order valence-corrected chi connectivity index (χ1v) is 5.66. The summed E-state index contributed by atoms with van der Waals surface area (Å²) in [4.78, 5) is 22.2. The van der Waals surface area contributed by atoms with Gasteiger partial charge in [-0.25, -0.2) is 0 Å². The van der Waals surface area contributed by atoms with Gasteiger partial charge < -0.3 is 10.0 Å². The van der Waals surface area contributed by atoms with Crippen molar-refractivity contribution in [2.75, 3.05) is 18.5 Å². The largest absolute Gasteiger partial charge is 0.481 e. The van der Waals surface area contributed by atoms with E-state index >= 15 is 0 Å². The lowest BCUT2D eigenvalue weighted by Crippen LogP contribution is -2.19. The fraction of sp³-hybridized carbons (Fsp3) is 0.364. The van der Waals surface area contributed by atoms with Crippen molar-refractivity contribution in [2.24, 2.45) is 0 Å². The summed E-state index contributed by atoms with van der Waals surface area (Å²) < 4.78 is 0. The third kappa shape index (κ3) is 3.89. The van der Waals surface area contributed by atoms with E-state index in [2.05, 4.69) is 0 Å². The van der Waals surface area contributed by atoms with Crippen LogP contribution in [0.5, 0.6) is 0 Å². The smallest absolute Gasteiger partial charge is 0.303 e. The van der Waals surface area contributed by atoms with Crippen LogP contribution >= 0.6 is 11.6 Å². The number of benzene rings is 1. The number of hydrogen-bond acceptors (Lipinski definition) is 4. The molecule has 0 aliphatic carbocycles. The van der Waals surface area contributed by atoms with Crippen molar-refractivity contribution in [1.82, 2.24) is 0 Å². The van der Waals surface area contributed by atoms with Crippen LogP contribution in [0, 0.1) is 10.1 Å². The van der Waals surface area contributed by atoms with Crippen LogP contribution in [-0.4, -0.2) is 29.6 Å². The van der Waals surface area contributed by atoms with Gasteiger partial charge in [0.2, 0.25) is 0 Å². The fourth-order valence-corrected chi connectivity index (χ4v) is 1.83. The van der Waals surface area contributed by atoms with E-state index in [4.69, 9.17) is 16.7 Å². The highest BCUT2D eigenvalue weighted by Crippen LogP contribution is 2.29. The van der Waals surface area contributed by atoms with E-state index in [0.29, 0.717) is 18.7 Å². The van der Waals surface area contributed by atoms with Gasteiger partial charge in [0.25, 0.3) is 5.69 Å². The molecule has 0 heterocycles. The molecule has 0 aromatic heterocycles. The maximum atomic E-state index is 10.5. The summed E-state index contributed by atoms with van der Waals surface area (Å²) >= 11 is 5.95. The summed E-state index contributed by atoms with van der Waals surface area (Å²) in [5.74, 6) is -0.849. The summed E-state index contributed by atoms with van der Waals surface area (Å²) in [6.07, 6.45) is 0.564. The number of nitro benzene ring substituents is 1. The van der Waals surface area contributed by atoms with Crippen molar-refractivity contribution in [3.63, 3.8) is 0 Å². The number of non-ortho nitro benzene ring substituents is 1. The van der Waals surface area contributed by atoms with Crippen molar-refractivity contribution >= 4 is 28.9 Å². The number of anilines is 1. The lowest BCUT2D eigenvalue weighted by atomic mass is 10.2. The van der Waals surface area contributed by atoms with Crippen LogP contribution in [0.1, 0.15) is 12.8 Å². The average molecular weight is 273 g/mol. The Hall–Kier alpha value is -1.82. The Labute approximate surface area is 109 Å². The van der Waals surface area contributed by atoms with E-state index < -0.39 is 10.9 Å². The molecule has 1 aromatic carbocycles. The molecule has 0 bridgehead atoms. The number of hydrogen-bond donors (Lipinski definition) is 1. The van der Waals surface area contributed by atoms with Crippen molar-refractivity contribution < 1.29 is 14.8 Å². The van der Waals surface area contributed by atoms with Gasteiger partial charge in [0, 0.05) is 32.1 Å². The number of nitrogens with zero attached hydrogens (tertiary/aromatic N) is 2. The van der Waals surface area contributed by atoms with Gasteiger partial charge in [-0.2, -0.15) is 0 Å².